The first-order valence-electron chi connectivity index (χ1n) is 7.85. The van der Waals surface area contributed by atoms with E-state index in [-0.39, 0.29) is 31.1 Å². The predicted octanol–water partition coefficient (Wildman–Crippen LogP) is 1.55. The highest BCUT2D eigenvalue weighted by molar-refractivity contribution is 5.90. The summed E-state index contributed by atoms with van der Waals surface area (Å²) in [5.41, 5.74) is -0.981. The van der Waals surface area contributed by atoms with Crippen LogP contribution in [0.1, 0.15) is 19.3 Å². The second-order valence-electron chi connectivity index (χ2n) is 6.34. The maximum atomic E-state index is 13.6. The average Bonchev–Trinajstić information content (AvgIpc) is 2.87. The molecule has 3 rings (SSSR count). The zero-order chi connectivity index (χ0) is 18.2. The highest BCUT2D eigenvalue weighted by Gasteiger charge is 2.52. The molecule has 3 amide bonds. The molecule has 25 heavy (non-hydrogen) atoms. The molecule has 0 unspecified atom stereocenters. The molecule has 3 N–H and O–H groups in total. The number of urea groups is 1. The number of carboxylic acid groups (broad SMARTS) is 1. The first kappa shape index (κ1) is 17.1. The molecular formula is C16H17F2N3O4. The molecule has 1 spiro atoms. The van der Waals surface area contributed by atoms with E-state index >= 15 is 0 Å². The minimum atomic E-state index is -1.04. The van der Waals surface area contributed by atoms with Crippen molar-refractivity contribution in [2.75, 3.05) is 18.4 Å². The summed E-state index contributed by atoms with van der Waals surface area (Å²) in [6.07, 6.45) is 0.534. The second kappa shape index (κ2) is 6.30. The highest BCUT2D eigenvalue weighted by atomic mass is 19.1. The summed E-state index contributed by atoms with van der Waals surface area (Å²) in [7, 11) is 0. The molecule has 1 atom stereocenters. The average molecular weight is 353 g/mol. The quantitative estimate of drug-likeness (QED) is 0.751. The van der Waals surface area contributed by atoms with Gasteiger partial charge in [-0.3, -0.25) is 9.59 Å². The van der Waals surface area contributed by atoms with Crippen LogP contribution in [0.2, 0.25) is 0 Å². The fourth-order valence-corrected chi connectivity index (χ4v) is 3.49. The number of rotatable bonds is 2. The van der Waals surface area contributed by atoms with Gasteiger partial charge >= 0.3 is 12.0 Å². The Hall–Kier alpha value is -2.71. The van der Waals surface area contributed by atoms with Crippen LogP contribution in [0, 0.1) is 17.6 Å². The Balaban J connectivity index is 1.64. The summed E-state index contributed by atoms with van der Waals surface area (Å²) in [5, 5.41) is 14.4. The standard InChI is InChI=1S/C16H17F2N3O4/c17-9-1-2-12(11(18)7-9)19-15(25)21-5-3-16(4-6-21)10(14(23)24)8-13(22)20-16/h1-2,7,10H,3-6,8H2,(H,19,25)(H,20,22)(H,23,24)/t10-/m1/s1. The molecule has 2 aliphatic rings. The highest BCUT2D eigenvalue weighted by Crippen LogP contribution is 2.37. The number of carbonyl (C=O) groups is 3. The maximum Gasteiger partial charge on any atom is 0.321 e. The molecule has 134 valence electrons. The van der Waals surface area contributed by atoms with Crippen molar-refractivity contribution in [3.8, 4) is 0 Å². The number of aliphatic carboxylic acids is 1. The molecule has 2 saturated heterocycles. The van der Waals surface area contributed by atoms with Crippen LogP contribution < -0.4 is 10.6 Å². The van der Waals surface area contributed by atoms with Crippen LogP contribution in [0.15, 0.2) is 18.2 Å². The van der Waals surface area contributed by atoms with E-state index < -0.39 is 35.1 Å². The van der Waals surface area contributed by atoms with Gasteiger partial charge in [-0.25, -0.2) is 13.6 Å². The van der Waals surface area contributed by atoms with Crippen molar-refractivity contribution >= 4 is 23.6 Å². The lowest BCUT2D eigenvalue weighted by Crippen LogP contribution is -2.57. The third kappa shape index (κ3) is 3.26. The van der Waals surface area contributed by atoms with Gasteiger partial charge in [0.1, 0.15) is 11.6 Å². The summed E-state index contributed by atoms with van der Waals surface area (Å²) >= 11 is 0. The Labute approximate surface area is 142 Å². The number of halogens is 2. The van der Waals surface area contributed by atoms with Gasteiger partial charge in [0.25, 0.3) is 0 Å². The number of carboxylic acids is 1. The maximum absolute atomic E-state index is 13.6. The third-order valence-electron chi connectivity index (χ3n) is 4.86. The van der Waals surface area contributed by atoms with E-state index in [1.807, 2.05) is 0 Å². The van der Waals surface area contributed by atoms with E-state index in [1.54, 1.807) is 0 Å². The molecule has 1 aromatic rings. The Morgan fingerprint density at radius 1 is 1.28 bits per heavy atom. The summed E-state index contributed by atoms with van der Waals surface area (Å²) in [6, 6.07) is 2.28. The van der Waals surface area contributed by atoms with Crippen LogP contribution in [-0.4, -0.2) is 46.5 Å². The normalized spacial score (nSPS) is 21.9. The van der Waals surface area contributed by atoms with E-state index in [4.69, 9.17) is 0 Å². The van der Waals surface area contributed by atoms with Gasteiger partial charge in [-0.15, -0.1) is 0 Å². The topological polar surface area (TPSA) is 98.7 Å². The number of carbonyl (C=O) groups excluding carboxylic acids is 2. The summed E-state index contributed by atoms with van der Waals surface area (Å²) in [5.74, 6) is -3.79. The van der Waals surface area contributed by atoms with E-state index in [1.165, 1.54) is 4.90 Å². The Bertz CT molecular complexity index is 732. The summed E-state index contributed by atoms with van der Waals surface area (Å²) in [4.78, 5) is 36.7. The summed E-state index contributed by atoms with van der Waals surface area (Å²) in [6.45, 7) is 0.442. The minimum Gasteiger partial charge on any atom is -0.481 e. The Kier molecular flexibility index (Phi) is 4.32. The molecule has 2 aliphatic heterocycles. The van der Waals surface area contributed by atoms with Gasteiger partial charge in [0.2, 0.25) is 5.91 Å². The van der Waals surface area contributed by atoms with Crippen molar-refractivity contribution in [1.82, 2.24) is 10.2 Å². The van der Waals surface area contributed by atoms with Crippen LogP contribution in [-0.2, 0) is 9.59 Å². The molecule has 0 bridgehead atoms. The van der Waals surface area contributed by atoms with Crippen LogP contribution in [0.3, 0.4) is 0 Å². The van der Waals surface area contributed by atoms with Crippen LogP contribution in [0.5, 0.6) is 0 Å². The number of hydrogen-bond donors (Lipinski definition) is 3. The first-order valence-corrected chi connectivity index (χ1v) is 7.85. The molecule has 0 saturated carbocycles. The molecule has 0 radical (unpaired) electrons. The number of nitrogens with one attached hydrogen (secondary N) is 2. The van der Waals surface area contributed by atoms with Crippen molar-refractivity contribution in [2.45, 2.75) is 24.8 Å². The van der Waals surface area contributed by atoms with Gasteiger partial charge in [0, 0.05) is 25.6 Å². The van der Waals surface area contributed by atoms with Gasteiger partial charge in [0.05, 0.1) is 17.1 Å². The third-order valence-corrected chi connectivity index (χ3v) is 4.86. The Morgan fingerprint density at radius 3 is 2.56 bits per heavy atom. The van der Waals surface area contributed by atoms with Gasteiger partial charge in [0.15, 0.2) is 0 Å². The fraction of sp³-hybridized carbons (Fsp3) is 0.438. The smallest absolute Gasteiger partial charge is 0.321 e. The zero-order valence-electron chi connectivity index (χ0n) is 13.2. The van der Waals surface area contributed by atoms with Crippen molar-refractivity contribution in [3.63, 3.8) is 0 Å². The second-order valence-corrected chi connectivity index (χ2v) is 6.34. The Morgan fingerprint density at radius 2 is 1.96 bits per heavy atom. The SMILES string of the molecule is O=C1C[C@H](C(=O)O)C2(CCN(C(=O)Nc3ccc(F)cc3F)CC2)N1. The largest absolute Gasteiger partial charge is 0.481 e. The lowest BCUT2D eigenvalue weighted by atomic mass is 9.78. The van der Waals surface area contributed by atoms with Crippen molar-refractivity contribution < 1.29 is 28.3 Å². The minimum absolute atomic E-state index is 0.0671. The predicted molar refractivity (Wildman–Crippen MR) is 82.8 cm³/mol. The molecule has 2 fully saturated rings. The van der Waals surface area contributed by atoms with Crippen LogP contribution in [0.4, 0.5) is 19.3 Å². The van der Waals surface area contributed by atoms with E-state index in [0.29, 0.717) is 18.9 Å². The van der Waals surface area contributed by atoms with Crippen LogP contribution >= 0.6 is 0 Å². The molecule has 9 heteroatoms. The molecular weight excluding hydrogens is 336 g/mol. The monoisotopic (exact) mass is 353 g/mol. The molecule has 0 aliphatic carbocycles. The van der Waals surface area contributed by atoms with Gasteiger partial charge in [-0.2, -0.15) is 0 Å². The van der Waals surface area contributed by atoms with Gasteiger partial charge in [-0.1, -0.05) is 0 Å². The number of piperidine rings is 1. The lowest BCUT2D eigenvalue weighted by Gasteiger charge is -2.41. The van der Waals surface area contributed by atoms with Crippen LogP contribution in [0.25, 0.3) is 0 Å². The van der Waals surface area contributed by atoms with Gasteiger partial charge < -0.3 is 20.6 Å². The number of amides is 3. The summed E-state index contributed by atoms with van der Waals surface area (Å²) < 4.78 is 26.5. The van der Waals surface area contributed by atoms with E-state index in [9.17, 15) is 28.3 Å². The first-order chi connectivity index (χ1) is 11.8. The number of anilines is 1. The van der Waals surface area contributed by atoms with Crippen molar-refractivity contribution in [3.05, 3.63) is 29.8 Å². The zero-order valence-corrected chi connectivity index (χ0v) is 13.2. The number of likely N-dealkylation sites (tertiary alicyclic amines) is 1. The lowest BCUT2D eigenvalue weighted by molar-refractivity contribution is -0.144. The van der Waals surface area contributed by atoms with Crippen molar-refractivity contribution in [2.24, 2.45) is 5.92 Å². The number of hydrogen-bond acceptors (Lipinski definition) is 3. The number of nitrogens with zero attached hydrogens (tertiary/aromatic N) is 1. The van der Waals surface area contributed by atoms with Crippen molar-refractivity contribution in [1.29, 1.82) is 0 Å². The molecule has 7 nitrogen and oxygen atoms in total. The molecule has 1 aromatic carbocycles. The molecule has 0 aromatic heterocycles. The van der Waals surface area contributed by atoms with Gasteiger partial charge in [-0.05, 0) is 25.0 Å². The number of benzene rings is 1. The fourth-order valence-electron chi connectivity index (χ4n) is 3.49. The molecule has 2 heterocycles. The van der Waals surface area contributed by atoms with E-state index in [0.717, 1.165) is 12.1 Å². The van der Waals surface area contributed by atoms with E-state index in [2.05, 4.69) is 10.6 Å².